The smallest absolute Gasteiger partial charge is 0.335 e. The molecule has 7 heteroatoms. The maximum Gasteiger partial charge on any atom is 0.335 e. The van der Waals surface area contributed by atoms with Crippen molar-refractivity contribution in [3.63, 3.8) is 0 Å². The highest BCUT2D eigenvalue weighted by Gasteiger charge is 2.41. The summed E-state index contributed by atoms with van der Waals surface area (Å²) in [6.07, 6.45) is 10.7. The van der Waals surface area contributed by atoms with Crippen LogP contribution in [0.15, 0.2) is 94.0 Å². The van der Waals surface area contributed by atoms with E-state index in [9.17, 15) is 18.0 Å². The molecule has 6 nitrogen and oxygen atoms in total. The number of allylic oxidation sites excluding steroid dienone is 9. The summed E-state index contributed by atoms with van der Waals surface area (Å²) in [6, 6.07) is 8.01. The Morgan fingerprint density at radius 3 is 2.32 bits per heavy atom. The van der Waals surface area contributed by atoms with Crippen LogP contribution in [0, 0.1) is 11.8 Å². The molecule has 0 aliphatic heterocycles. The van der Waals surface area contributed by atoms with Gasteiger partial charge in [0.05, 0.1) is 36.4 Å². The second kappa shape index (κ2) is 9.31. The molecular formula is C24H24O6S. The van der Waals surface area contributed by atoms with Gasteiger partial charge in [-0.05, 0) is 30.2 Å². The van der Waals surface area contributed by atoms with Crippen molar-refractivity contribution in [1.82, 2.24) is 0 Å². The zero-order chi connectivity index (χ0) is 22.6. The summed E-state index contributed by atoms with van der Waals surface area (Å²) in [7, 11) is -1.30. The number of benzene rings is 1. The molecule has 2 aliphatic carbocycles. The van der Waals surface area contributed by atoms with Crippen LogP contribution < -0.4 is 0 Å². The summed E-state index contributed by atoms with van der Waals surface area (Å²) in [4.78, 5) is 25.8. The average molecular weight is 441 g/mol. The highest BCUT2D eigenvalue weighted by atomic mass is 32.2. The van der Waals surface area contributed by atoms with E-state index in [1.807, 2.05) is 25.2 Å². The zero-order valence-corrected chi connectivity index (χ0v) is 18.4. The average Bonchev–Trinajstić information content (AvgIpc) is 3.04. The van der Waals surface area contributed by atoms with Crippen LogP contribution in [0.3, 0.4) is 0 Å². The summed E-state index contributed by atoms with van der Waals surface area (Å²) in [5, 5.41) is 0. The quantitative estimate of drug-likeness (QED) is 0.653. The number of hydrogen-bond donors (Lipinski definition) is 0. The van der Waals surface area contributed by atoms with E-state index in [1.54, 1.807) is 36.4 Å². The fourth-order valence-corrected chi connectivity index (χ4v) is 5.26. The van der Waals surface area contributed by atoms with Crippen LogP contribution in [0.4, 0.5) is 0 Å². The molecule has 0 amide bonds. The van der Waals surface area contributed by atoms with Gasteiger partial charge in [0.25, 0.3) is 0 Å². The van der Waals surface area contributed by atoms with Gasteiger partial charge in [-0.2, -0.15) is 0 Å². The summed E-state index contributed by atoms with van der Waals surface area (Å²) >= 11 is 0. The van der Waals surface area contributed by atoms with Crippen LogP contribution in [0.1, 0.15) is 6.92 Å². The van der Waals surface area contributed by atoms with Gasteiger partial charge in [0.15, 0.2) is 9.84 Å². The summed E-state index contributed by atoms with van der Waals surface area (Å²) in [5.74, 6) is -3.74. The molecular weight excluding hydrogens is 416 g/mol. The fourth-order valence-electron chi connectivity index (χ4n) is 3.68. The number of fused-ring (bicyclic) bond motifs is 1. The van der Waals surface area contributed by atoms with Gasteiger partial charge in [-0.15, -0.1) is 0 Å². The molecule has 1 aromatic rings. The van der Waals surface area contributed by atoms with Gasteiger partial charge in [-0.25, -0.2) is 13.2 Å². The van der Waals surface area contributed by atoms with Crippen LogP contribution in [-0.4, -0.2) is 40.3 Å². The third-order valence-electron chi connectivity index (χ3n) is 5.28. The van der Waals surface area contributed by atoms with Crippen molar-refractivity contribution in [2.24, 2.45) is 11.8 Å². The third-order valence-corrected chi connectivity index (χ3v) is 7.09. The molecule has 0 fully saturated rings. The lowest BCUT2D eigenvalue weighted by atomic mass is 9.84. The molecule has 0 unspecified atom stereocenters. The first-order valence-electron chi connectivity index (χ1n) is 9.72. The van der Waals surface area contributed by atoms with Crippen molar-refractivity contribution in [2.75, 3.05) is 20.0 Å². The molecule has 2 atom stereocenters. The Balaban J connectivity index is 2.19. The predicted molar refractivity (Wildman–Crippen MR) is 117 cm³/mol. The Hall–Kier alpha value is -3.19. The molecule has 162 valence electrons. The van der Waals surface area contributed by atoms with Crippen LogP contribution in [0.5, 0.6) is 0 Å². The van der Waals surface area contributed by atoms with Gasteiger partial charge < -0.3 is 9.47 Å². The molecule has 2 aliphatic rings. The van der Waals surface area contributed by atoms with Crippen LogP contribution in [-0.2, 0) is 28.9 Å². The molecule has 0 N–H and O–H groups in total. The van der Waals surface area contributed by atoms with Crippen molar-refractivity contribution < 1.29 is 27.5 Å². The first-order valence-corrected chi connectivity index (χ1v) is 11.4. The van der Waals surface area contributed by atoms with E-state index in [0.717, 1.165) is 5.57 Å². The van der Waals surface area contributed by atoms with E-state index in [4.69, 9.17) is 9.47 Å². The highest BCUT2D eigenvalue weighted by molar-refractivity contribution is 7.91. The number of esters is 2. The van der Waals surface area contributed by atoms with Crippen LogP contribution in [0.25, 0.3) is 0 Å². The summed E-state index contributed by atoms with van der Waals surface area (Å²) in [5.41, 5.74) is 2.23. The maximum atomic E-state index is 13.1. The van der Waals surface area contributed by atoms with Gasteiger partial charge in [-0.3, -0.25) is 4.79 Å². The largest absolute Gasteiger partial charge is 0.469 e. The number of carbonyl (C=O) groups excluding carboxylic acids is 2. The first-order chi connectivity index (χ1) is 14.8. The minimum absolute atomic E-state index is 0.0817. The standard InChI is InChI=1S/C24H24O6S/c1-16-9-11-17-12-13-18(15-31(27,28)19-7-5-4-6-8-19)21(23(25)29-2)22(24(26)30-3)20(17)14-10-16/h4-14,18,21H,15H2,1-3H3/t18-,21+/m0/s1. The second-order valence-electron chi connectivity index (χ2n) is 7.30. The molecule has 0 saturated heterocycles. The van der Waals surface area contributed by atoms with E-state index in [1.165, 1.54) is 26.4 Å². The molecule has 0 saturated carbocycles. The molecule has 3 rings (SSSR count). The minimum Gasteiger partial charge on any atom is -0.469 e. The third kappa shape index (κ3) is 4.77. The number of rotatable bonds is 5. The zero-order valence-electron chi connectivity index (χ0n) is 17.6. The Morgan fingerprint density at radius 1 is 0.968 bits per heavy atom. The molecule has 0 heterocycles. The fraction of sp³-hybridized carbons (Fsp3) is 0.250. The molecule has 1 aromatic carbocycles. The maximum absolute atomic E-state index is 13.1. The van der Waals surface area contributed by atoms with Gasteiger partial charge in [0, 0.05) is 5.92 Å². The van der Waals surface area contributed by atoms with Crippen LogP contribution >= 0.6 is 0 Å². The topological polar surface area (TPSA) is 86.7 Å². The summed E-state index contributed by atoms with van der Waals surface area (Å²) < 4.78 is 36.1. The van der Waals surface area contributed by atoms with E-state index in [2.05, 4.69) is 0 Å². The Kier molecular flexibility index (Phi) is 6.75. The Bertz CT molecular complexity index is 1130. The van der Waals surface area contributed by atoms with Crippen molar-refractivity contribution in [2.45, 2.75) is 11.8 Å². The lowest BCUT2D eigenvalue weighted by Crippen LogP contribution is -2.34. The Labute approximate surface area is 182 Å². The van der Waals surface area contributed by atoms with Gasteiger partial charge in [-0.1, -0.05) is 60.2 Å². The molecule has 0 radical (unpaired) electrons. The number of carbonyl (C=O) groups is 2. The molecule has 0 aromatic heterocycles. The molecule has 31 heavy (non-hydrogen) atoms. The summed E-state index contributed by atoms with van der Waals surface area (Å²) in [6.45, 7) is 1.91. The molecule has 0 spiro atoms. The van der Waals surface area contributed by atoms with Crippen molar-refractivity contribution >= 4 is 21.8 Å². The van der Waals surface area contributed by atoms with E-state index < -0.39 is 33.6 Å². The lowest BCUT2D eigenvalue weighted by molar-refractivity contribution is -0.148. The van der Waals surface area contributed by atoms with Crippen molar-refractivity contribution in [1.29, 1.82) is 0 Å². The normalized spacial score (nSPS) is 20.7. The second-order valence-corrected chi connectivity index (χ2v) is 9.34. The number of sulfone groups is 1. The van der Waals surface area contributed by atoms with Gasteiger partial charge in [0.1, 0.15) is 0 Å². The van der Waals surface area contributed by atoms with Gasteiger partial charge in [0.2, 0.25) is 0 Å². The predicted octanol–water partition coefficient (Wildman–Crippen LogP) is 3.35. The lowest BCUT2D eigenvalue weighted by Gasteiger charge is -2.24. The van der Waals surface area contributed by atoms with E-state index >= 15 is 0 Å². The number of ether oxygens (including phenoxy) is 2. The minimum atomic E-state index is -3.74. The van der Waals surface area contributed by atoms with Crippen LogP contribution in [0.2, 0.25) is 0 Å². The first kappa shape index (κ1) is 22.5. The van der Waals surface area contributed by atoms with E-state index in [-0.39, 0.29) is 16.2 Å². The highest BCUT2D eigenvalue weighted by Crippen LogP contribution is 2.37. The number of hydrogen-bond acceptors (Lipinski definition) is 6. The number of methoxy groups -OCH3 is 2. The monoisotopic (exact) mass is 440 g/mol. The van der Waals surface area contributed by atoms with Gasteiger partial charge >= 0.3 is 11.9 Å². The Morgan fingerprint density at radius 2 is 1.68 bits per heavy atom. The van der Waals surface area contributed by atoms with E-state index in [0.29, 0.717) is 11.1 Å². The van der Waals surface area contributed by atoms with Crippen molar-refractivity contribution in [3.05, 3.63) is 89.1 Å². The SMILES string of the molecule is COC(=O)C1=C2C=CC(C)=CC=C2C=C[C@@H](CS(=O)(=O)c2ccccc2)[C@H]1C(=O)OC. The van der Waals surface area contributed by atoms with Crippen molar-refractivity contribution in [3.8, 4) is 0 Å². The molecule has 0 bridgehead atoms.